The van der Waals surface area contributed by atoms with Gasteiger partial charge in [-0.25, -0.2) is 0 Å². The molecule has 3 heterocycles. The Bertz CT molecular complexity index is 706. The van der Waals surface area contributed by atoms with Gasteiger partial charge in [-0.1, -0.05) is 19.3 Å². The number of aromatic nitrogens is 3. The summed E-state index contributed by atoms with van der Waals surface area (Å²) in [7, 11) is 0. The summed E-state index contributed by atoms with van der Waals surface area (Å²) in [4.78, 5) is 21.9. The molecule has 0 aromatic carbocycles. The van der Waals surface area contributed by atoms with Crippen LogP contribution in [-0.2, 0) is 0 Å². The molecular weight excluding hydrogens is 326 g/mol. The third-order valence-corrected chi connectivity index (χ3v) is 5.70. The summed E-state index contributed by atoms with van der Waals surface area (Å²) < 4.78 is 0. The van der Waals surface area contributed by atoms with Gasteiger partial charge in [0.05, 0.1) is 17.0 Å². The summed E-state index contributed by atoms with van der Waals surface area (Å²) in [5.74, 6) is 0.0964. The predicted molar refractivity (Wildman–Crippen MR) is 101 cm³/mol. The first kappa shape index (κ1) is 17.2. The smallest absolute Gasteiger partial charge is 0.255 e. The molecule has 2 aromatic rings. The minimum Gasteiger partial charge on any atom is -0.337 e. The van der Waals surface area contributed by atoms with E-state index in [1.54, 1.807) is 12.4 Å². The Morgan fingerprint density at radius 1 is 1.00 bits per heavy atom. The SMILES string of the molecule is O=C(c1ccc(-c2ccn[nH]2)nc1)N1CCCN(C2CCCCC2)CC1. The molecular formula is C20H27N5O. The maximum absolute atomic E-state index is 12.9. The Balaban J connectivity index is 1.38. The Labute approximate surface area is 154 Å². The van der Waals surface area contributed by atoms with E-state index in [2.05, 4.69) is 20.1 Å². The zero-order valence-electron chi connectivity index (χ0n) is 15.2. The van der Waals surface area contributed by atoms with Crippen molar-refractivity contribution in [3.63, 3.8) is 0 Å². The number of hydrogen-bond acceptors (Lipinski definition) is 4. The molecule has 0 radical (unpaired) electrons. The molecule has 6 nitrogen and oxygen atoms in total. The van der Waals surface area contributed by atoms with E-state index in [1.165, 1.54) is 32.1 Å². The Morgan fingerprint density at radius 3 is 2.62 bits per heavy atom. The lowest BCUT2D eigenvalue weighted by molar-refractivity contribution is 0.0754. The zero-order valence-corrected chi connectivity index (χ0v) is 15.2. The highest BCUT2D eigenvalue weighted by Crippen LogP contribution is 2.24. The molecule has 2 fully saturated rings. The first-order chi connectivity index (χ1) is 12.8. The van der Waals surface area contributed by atoms with Crippen molar-refractivity contribution in [1.82, 2.24) is 25.0 Å². The quantitative estimate of drug-likeness (QED) is 0.921. The lowest BCUT2D eigenvalue weighted by Gasteiger charge is -2.33. The molecule has 0 atom stereocenters. The normalized spacial score (nSPS) is 20.1. The number of nitrogens with one attached hydrogen (secondary N) is 1. The van der Waals surface area contributed by atoms with Gasteiger partial charge in [-0.15, -0.1) is 0 Å². The van der Waals surface area contributed by atoms with Crippen LogP contribution in [0.3, 0.4) is 0 Å². The number of aromatic amines is 1. The first-order valence-electron chi connectivity index (χ1n) is 9.80. The topological polar surface area (TPSA) is 65.1 Å². The van der Waals surface area contributed by atoms with Gasteiger partial charge < -0.3 is 4.90 Å². The van der Waals surface area contributed by atoms with Crippen LogP contribution >= 0.6 is 0 Å². The summed E-state index contributed by atoms with van der Waals surface area (Å²) in [6.45, 7) is 3.77. The van der Waals surface area contributed by atoms with Crippen molar-refractivity contribution in [3.8, 4) is 11.4 Å². The minimum absolute atomic E-state index is 0.0964. The summed E-state index contributed by atoms with van der Waals surface area (Å²) in [5, 5.41) is 6.84. The second kappa shape index (κ2) is 7.99. The van der Waals surface area contributed by atoms with Crippen LogP contribution in [0.4, 0.5) is 0 Å². The van der Waals surface area contributed by atoms with Crippen LogP contribution in [0.25, 0.3) is 11.4 Å². The van der Waals surface area contributed by atoms with E-state index in [9.17, 15) is 4.79 Å². The van der Waals surface area contributed by atoms with E-state index in [1.807, 2.05) is 23.1 Å². The minimum atomic E-state index is 0.0964. The Morgan fingerprint density at radius 2 is 1.88 bits per heavy atom. The molecule has 1 saturated heterocycles. The number of carbonyl (C=O) groups is 1. The summed E-state index contributed by atoms with van der Waals surface area (Å²) in [6.07, 6.45) is 11.2. The largest absolute Gasteiger partial charge is 0.337 e. The van der Waals surface area contributed by atoms with Crippen molar-refractivity contribution in [2.45, 2.75) is 44.6 Å². The average Bonchev–Trinajstić information content (AvgIpc) is 3.13. The number of H-pyrrole nitrogens is 1. The number of carbonyl (C=O) groups excluding carboxylic acids is 1. The highest BCUT2D eigenvalue weighted by atomic mass is 16.2. The molecule has 1 aliphatic heterocycles. The number of nitrogens with zero attached hydrogens (tertiary/aromatic N) is 4. The lowest BCUT2D eigenvalue weighted by Crippen LogP contribution is -2.40. The fraction of sp³-hybridized carbons (Fsp3) is 0.550. The van der Waals surface area contributed by atoms with Crippen molar-refractivity contribution >= 4 is 5.91 Å². The molecule has 2 aliphatic rings. The van der Waals surface area contributed by atoms with Crippen LogP contribution in [0.15, 0.2) is 30.6 Å². The second-order valence-corrected chi connectivity index (χ2v) is 7.38. The zero-order chi connectivity index (χ0) is 17.8. The van der Waals surface area contributed by atoms with E-state index in [-0.39, 0.29) is 5.91 Å². The number of rotatable bonds is 3. The molecule has 0 unspecified atom stereocenters. The maximum atomic E-state index is 12.9. The molecule has 1 aliphatic carbocycles. The highest BCUT2D eigenvalue weighted by molar-refractivity contribution is 5.94. The van der Waals surface area contributed by atoms with Crippen LogP contribution in [0, 0.1) is 0 Å². The molecule has 1 N–H and O–H groups in total. The van der Waals surface area contributed by atoms with Crippen LogP contribution < -0.4 is 0 Å². The van der Waals surface area contributed by atoms with Gasteiger partial charge in [0.25, 0.3) is 5.91 Å². The first-order valence-corrected chi connectivity index (χ1v) is 9.80. The van der Waals surface area contributed by atoms with Crippen LogP contribution in [0.2, 0.25) is 0 Å². The highest BCUT2D eigenvalue weighted by Gasteiger charge is 2.25. The van der Waals surface area contributed by atoms with Crippen molar-refractivity contribution < 1.29 is 4.79 Å². The lowest BCUT2D eigenvalue weighted by atomic mass is 9.94. The van der Waals surface area contributed by atoms with Crippen molar-refractivity contribution in [2.75, 3.05) is 26.2 Å². The average molecular weight is 353 g/mol. The van der Waals surface area contributed by atoms with E-state index in [4.69, 9.17) is 0 Å². The second-order valence-electron chi connectivity index (χ2n) is 7.38. The fourth-order valence-electron chi connectivity index (χ4n) is 4.21. The van der Waals surface area contributed by atoms with Gasteiger partial charge in [-0.05, 0) is 37.5 Å². The number of amides is 1. The third-order valence-electron chi connectivity index (χ3n) is 5.70. The van der Waals surface area contributed by atoms with Crippen molar-refractivity contribution in [2.24, 2.45) is 0 Å². The monoisotopic (exact) mass is 353 g/mol. The molecule has 6 heteroatoms. The van der Waals surface area contributed by atoms with Crippen LogP contribution in [-0.4, -0.2) is 63.1 Å². The van der Waals surface area contributed by atoms with Crippen molar-refractivity contribution in [3.05, 3.63) is 36.2 Å². The van der Waals surface area contributed by atoms with Gasteiger partial charge in [0.1, 0.15) is 0 Å². The van der Waals surface area contributed by atoms with E-state index in [0.717, 1.165) is 50.0 Å². The predicted octanol–water partition coefficient (Wildman–Crippen LogP) is 2.95. The van der Waals surface area contributed by atoms with Crippen LogP contribution in [0.5, 0.6) is 0 Å². The van der Waals surface area contributed by atoms with Gasteiger partial charge in [-0.3, -0.25) is 19.8 Å². The fourth-order valence-corrected chi connectivity index (χ4v) is 4.21. The Hall–Kier alpha value is -2.21. The van der Waals surface area contributed by atoms with E-state index >= 15 is 0 Å². The van der Waals surface area contributed by atoms with E-state index < -0.39 is 0 Å². The Kier molecular flexibility index (Phi) is 5.29. The maximum Gasteiger partial charge on any atom is 0.255 e. The summed E-state index contributed by atoms with van der Waals surface area (Å²) in [6, 6.07) is 6.36. The molecule has 4 rings (SSSR count). The van der Waals surface area contributed by atoms with Gasteiger partial charge in [0.2, 0.25) is 0 Å². The summed E-state index contributed by atoms with van der Waals surface area (Å²) in [5.41, 5.74) is 2.33. The summed E-state index contributed by atoms with van der Waals surface area (Å²) >= 11 is 0. The number of pyridine rings is 1. The van der Waals surface area contributed by atoms with Gasteiger partial charge in [0.15, 0.2) is 0 Å². The third kappa shape index (κ3) is 3.80. The van der Waals surface area contributed by atoms with E-state index in [0.29, 0.717) is 5.56 Å². The molecule has 26 heavy (non-hydrogen) atoms. The molecule has 138 valence electrons. The standard InChI is InChI=1S/C20H27N5O/c26-20(16-7-8-18(21-15-16)19-9-10-22-23-19)25-12-4-11-24(13-14-25)17-5-2-1-3-6-17/h7-10,15,17H,1-6,11-14H2,(H,22,23). The molecule has 1 saturated carbocycles. The number of hydrogen-bond donors (Lipinski definition) is 1. The molecule has 0 bridgehead atoms. The van der Waals surface area contributed by atoms with Crippen molar-refractivity contribution in [1.29, 1.82) is 0 Å². The van der Waals surface area contributed by atoms with Gasteiger partial charge in [-0.2, -0.15) is 5.10 Å². The molecule has 1 amide bonds. The van der Waals surface area contributed by atoms with Gasteiger partial charge in [0, 0.05) is 44.6 Å². The van der Waals surface area contributed by atoms with Gasteiger partial charge >= 0.3 is 0 Å². The molecule has 0 spiro atoms. The van der Waals surface area contributed by atoms with Crippen LogP contribution in [0.1, 0.15) is 48.9 Å². The molecule has 2 aromatic heterocycles.